The lowest BCUT2D eigenvalue weighted by Crippen LogP contribution is -2.35. The summed E-state index contributed by atoms with van der Waals surface area (Å²) < 4.78 is 28.1. The molecule has 1 aliphatic rings. The average Bonchev–Trinajstić information content (AvgIpc) is 3.11. The van der Waals surface area contributed by atoms with Gasteiger partial charge in [-0.25, -0.2) is 4.79 Å². The van der Waals surface area contributed by atoms with Gasteiger partial charge in [-0.05, 0) is 43.5 Å². The molecule has 32 heavy (non-hydrogen) atoms. The van der Waals surface area contributed by atoms with E-state index in [9.17, 15) is 9.59 Å². The Morgan fingerprint density at radius 2 is 1.75 bits per heavy atom. The third-order valence-corrected chi connectivity index (χ3v) is 5.06. The molecule has 0 unspecified atom stereocenters. The SMILES string of the molecule is COc1ccc(-c2cccc3c2COC3=O)c(OCC(C)(C)OC(=O)CC(C)C)c1OC. The van der Waals surface area contributed by atoms with Crippen LogP contribution in [-0.4, -0.2) is 38.4 Å². The smallest absolute Gasteiger partial charge is 0.338 e. The molecule has 0 saturated carbocycles. The van der Waals surface area contributed by atoms with Crippen molar-refractivity contribution in [1.29, 1.82) is 0 Å². The van der Waals surface area contributed by atoms with Crippen LogP contribution < -0.4 is 14.2 Å². The zero-order chi connectivity index (χ0) is 23.5. The highest BCUT2D eigenvalue weighted by Gasteiger charge is 2.29. The van der Waals surface area contributed by atoms with Gasteiger partial charge in [-0.3, -0.25) is 4.79 Å². The summed E-state index contributed by atoms with van der Waals surface area (Å²) in [7, 11) is 3.08. The number of cyclic esters (lactones) is 1. The third kappa shape index (κ3) is 4.98. The molecule has 172 valence electrons. The maximum atomic E-state index is 12.2. The number of carbonyl (C=O) groups is 2. The van der Waals surface area contributed by atoms with Gasteiger partial charge in [0.1, 0.15) is 18.8 Å². The number of rotatable bonds is 9. The van der Waals surface area contributed by atoms with Gasteiger partial charge in [0.15, 0.2) is 11.5 Å². The van der Waals surface area contributed by atoms with Crippen LogP contribution in [0.4, 0.5) is 0 Å². The lowest BCUT2D eigenvalue weighted by Gasteiger charge is -2.27. The van der Waals surface area contributed by atoms with Gasteiger partial charge < -0.3 is 23.7 Å². The summed E-state index contributed by atoms with van der Waals surface area (Å²) in [4.78, 5) is 24.2. The monoisotopic (exact) mass is 442 g/mol. The zero-order valence-electron chi connectivity index (χ0n) is 19.4. The largest absolute Gasteiger partial charge is 0.493 e. The summed E-state index contributed by atoms with van der Waals surface area (Å²) in [5.41, 5.74) is 1.99. The number of fused-ring (bicyclic) bond motifs is 1. The van der Waals surface area contributed by atoms with E-state index in [2.05, 4.69) is 0 Å². The molecule has 0 N–H and O–H groups in total. The van der Waals surface area contributed by atoms with Crippen molar-refractivity contribution in [3.63, 3.8) is 0 Å². The Kier molecular flexibility index (Phi) is 6.96. The maximum absolute atomic E-state index is 12.2. The fourth-order valence-corrected chi connectivity index (χ4v) is 3.61. The van der Waals surface area contributed by atoms with Crippen LogP contribution in [0.3, 0.4) is 0 Å². The minimum absolute atomic E-state index is 0.0951. The van der Waals surface area contributed by atoms with E-state index in [4.69, 9.17) is 23.7 Å². The van der Waals surface area contributed by atoms with Gasteiger partial charge >= 0.3 is 11.9 Å². The first kappa shape index (κ1) is 23.4. The van der Waals surface area contributed by atoms with Gasteiger partial charge in [0.05, 0.1) is 19.8 Å². The van der Waals surface area contributed by atoms with Gasteiger partial charge in [0, 0.05) is 17.5 Å². The van der Waals surface area contributed by atoms with Crippen LogP contribution in [0.25, 0.3) is 11.1 Å². The highest BCUT2D eigenvalue weighted by atomic mass is 16.6. The average molecular weight is 443 g/mol. The molecule has 0 saturated heterocycles. The molecule has 0 amide bonds. The quantitative estimate of drug-likeness (QED) is 0.517. The van der Waals surface area contributed by atoms with Crippen molar-refractivity contribution in [2.45, 2.75) is 46.3 Å². The molecule has 2 aromatic carbocycles. The highest BCUT2D eigenvalue weighted by molar-refractivity contribution is 5.96. The zero-order valence-corrected chi connectivity index (χ0v) is 19.4. The number of hydrogen-bond acceptors (Lipinski definition) is 7. The molecule has 0 bridgehead atoms. The first-order chi connectivity index (χ1) is 15.2. The Morgan fingerprint density at radius 1 is 1.03 bits per heavy atom. The second-order valence-electron chi connectivity index (χ2n) is 8.71. The van der Waals surface area contributed by atoms with Gasteiger partial charge in [0.25, 0.3) is 0 Å². The van der Waals surface area contributed by atoms with Crippen molar-refractivity contribution in [2.75, 3.05) is 20.8 Å². The summed E-state index contributed by atoms with van der Waals surface area (Å²) in [5, 5.41) is 0. The predicted molar refractivity (Wildman–Crippen MR) is 119 cm³/mol. The molecular formula is C25H30O7. The Hall–Kier alpha value is -3.22. The fraction of sp³-hybridized carbons (Fsp3) is 0.440. The van der Waals surface area contributed by atoms with E-state index in [1.165, 1.54) is 7.11 Å². The topological polar surface area (TPSA) is 80.3 Å². The molecule has 0 atom stereocenters. The Balaban J connectivity index is 1.98. The molecular weight excluding hydrogens is 412 g/mol. The van der Waals surface area contributed by atoms with Crippen LogP contribution >= 0.6 is 0 Å². The molecule has 0 aromatic heterocycles. The van der Waals surface area contributed by atoms with Gasteiger partial charge in [-0.2, -0.15) is 0 Å². The van der Waals surface area contributed by atoms with E-state index in [1.807, 2.05) is 26.0 Å². The summed E-state index contributed by atoms with van der Waals surface area (Å²) in [6.45, 7) is 7.80. The van der Waals surface area contributed by atoms with Crippen molar-refractivity contribution in [3.05, 3.63) is 41.5 Å². The van der Waals surface area contributed by atoms with Crippen LogP contribution in [0.5, 0.6) is 17.2 Å². The molecule has 0 fully saturated rings. The predicted octanol–water partition coefficient (Wildman–Crippen LogP) is 4.79. The van der Waals surface area contributed by atoms with Crippen molar-refractivity contribution in [3.8, 4) is 28.4 Å². The first-order valence-corrected chi connectivity index (χ1v) is 10.6. The standard InChI is InChI=1S/C25H30O7/c1-15(2)12-21(26)32-25(3,4)14-31-22-17(10-11-20(28-5)23(22)29-6)16-8-7-9-18-19(16)13-30-24(18)27/h7-11,15H,12-14H2,1-6H3. The molecule has 7 nitrogen and oxygen atoms in total. The van der Waals surface area contributed by atoms with Crippen LogP contribution in [0.2, 0.25) is 0 Å². The fourth-order valence-electron chi connectivity index (χ4n) is 3.61. The molecule has 7 heteroatoms. The summed E-state index contributed by atoms with van der Waals surface area (Å²) >= 11 is 0. The van der Waals surface area contributed by atoms with Crippen molar-refractivity contribution in [1.82, 2.24) is 0 Å². The van der Waals surface area contributed by atoms with Crippen molar-refractivity contribution in [2.24, 2.45) is 5.92 Å². The number of esters is 2. The van der Waals surface area contributed by atoms with Crippen molar-refractivity contribution < 1.29 is 33.3 Å². The minimum atomic E-state index is -0.866. The Bertz CT molecular complexity index is 1010. The Labute approximate surface area is 188 Å². The summed E-state index contributed by atoms with van der Waals surface area (Å²) in [6, 6.07) is 9.09. The lowest BCUT2D eigenvalue weighted by molar-refractivity contribution is -0.160. The highest BCUT2D eigenvalue weighted by Crippen LogP contribution is 2.46. The first-order valence-electron chi connectivity index (χ1n) is 10.6. The second kappa shape index (κ2) is 9.51. The molecule has 1 heterocycles. The van der Waals surface area contributed by atoms with Crippen LogP contribution in [0.15, 0.2) is 30.3 Å². The number of methoxy groups -OCH3 is 2. The minimum Gasteiger partial charge on any atom is -0.493 e. The van der Waals surface area contributed by atoms with Gasteiger partial charge in [-0.15, -0.1) is 0 Å². The van der Waals surface area contributed by atoms with E-state index in [0.717, 1.165) is 16.7 Å². The summed E-state index contributed by atoms with van der Waals surface area (Å²) in [5.74, 6) is 0.936. The van der Waals surface area contributed by atoms with Gasteiger partial charge in [0.2, 0.25) is 5.75 Å². The van der Waals surface area contributed by atoms with E-state index in [0.29, 0.717) is 29.2 Å². The molecule has 3 rings (SSSR count). The number of benzene rings is 2. The summed E-state index contributed by atoms with van der Waals surface area (Å²) in [6.07, 6.45) is 0.335. The van der Waals surface area contributed by atoms with Gasteiger partial charge in [-0.1, -0.05) is 26.0 Å². The molecule has 1 aliphatic heterocycles. The molecule has 0 radical (unpaired) electrons. The number of hydrogen-bond donors (Lipinski definition) is 0. The van der Waals surface area contributed by atoms with E-state index < -0.39 is 5.60 Å². The third-order valence-electron chi connectivity index (χ3n) is 5.06. The second-order valence-corrected chi connectivity index (χ2v) is 8.71. The van der Waals surface area contributed by atoms with Crippen LogP contribution in [0, 0.1) is 5.92 Å². The van der Waals surface area contributed by atoms with Crippen molar-refractivity contribution >= 4 is 11.9 Å². The number of ether oxygens (including phenoxy) is 5. The molecule has 0 spiro atoms. The number of carbonyl (C=O) groups excluding carboxylic acids is 2. The van der Waals surface area contributed by atoms with Crippen LogP contribution in [0.1, 0.15) is 50.0 Å². The lowest BCUT2D eigenvalue weighted by atomic mass is 9.95. The van der Waals surface area contributed by atoms with E-state index >= 15 is 0 Å². The van der Waals surface area contributed by atoms with E-state index in [-0.39, 0.29) is 31.1 Å². The van der Waals surface area contributed by atoms with Crippen LogP contribution in [-0.2, 0) is 20.9 Å². The Morgan fingerprint density at radius 3 is 2.41 bits per heavy atom. The molecule has 0 aliphatic carbocycles. The maximum Gasteiger partial charge on any atom is 0.338 e. The van der Waals surface area contributed by atoms with E-state index in [1.54, 1.807) is 39.2 Å². The molecule has 2 aromatic rings. The normalized spacial score (nSPS) is 12.9.